The third kappa shape index (κ3) is 2.51. The molecule has 76 valence electrons. The summed E-state index contributed by atoms with van der Waals surface area (Å²) in [6, 6.07) is 6.19. The Morgan fingerprint density at radius 2 is 2.36 bits per heavy atom. The second-order valence-corrected chi connectivity index (χ2v) is 3.81. The lowest BCUT2D eigenvalue weighted by atomic mass is 10.2. The van der Waals surface area contributed by atoms with Crippen molar-refractivity contribution in [2.75, 3.05) is 0 Å². The highest BCUT2D eigenvalue weighted by molar-refractivity contribution is 5.03. The summed E-state index contributed by atoms with van der Waals surface area (Å²) in [5.74, 6) is 0. The summed E-state index contributed by atoms with van der Waals surface area (Å²) in [6.45, 7) is 0.748. The Morgan fingerprint density at radius 3 is 3.00 bits per heavy atom. The zero-order chi connectivity index (χ0) is 9.80. The van der Waals surface area contributed by atoms with Gasteiger partial charge in [-0.05, 0) is 31.4 Å². The molecule has 0 amide bonds. The van der Waals surface area contributed by atoms with Crippen LogP contribution >= 0.6 is 0 Å². The first-order valence-corrected chi connectivity index (χ1v) is 5.12. The molecule has 0 saturated heterocycles. The Kier molecular flexibility index (Phi) is 3.09. The molecule has 2 atom stereocenters. The fourth-order valence-electron chi connectivity index (χ4n) is 1.86. The standard InChI is InChI=1S/C11H15FN2/c12-9-4-5-10(7-9)14-8-11-3-1-2-6-13-11/h1-3,6,9-10,14H,4-5,7-8H2/t9-,10-/m1/s1. The average Bonchev–Trinajstić information content (AvgIpc) is 2.63. The zero-order valence-electron chi connectivity index (χ0n) is 8.12. The van der Waals surface area contributed by atoms with Crippen LogP contribution in [-0.2, 0) is 6.54 Å². The van der Waals surface area contributed by atoms with Crippen molar-refractivity contribution in [1.82, 2.24) is 10.3 Å². The smallest absolute Gasteiger partial charge is 0.102 e. The van der Waals surface area contributed by atoms with Crippen molar-refractivity contribution < 1.29 is 4.39 Å². The molecule has 0 spiro atoms. The van der Waals surface area contributed by atoms with Gasteiger partial charge in [0, 0.05) is 18.8 Å². The second-order valence-electron chi connectivity index (χ2n) is 3.81. The topological polar surface area (TPSA) is 24.9 Å². The van der Waals surface area contributed by atoms with Crippen molar-refractivity contribution in [2.45, 2.75) is 38.0 Å². The van der Waals surface area contributed by atoms with E-state index < -0.39 is 6.17 Å². The molecule has 0 radical (unpaired) electrons. The summed E-state index contributed by atoms with van der Waals surface area (Å²) in [4.78, 5) is 4.20. The Labute approximate surface area is 83.6 Å². The van der Waals surface area contributed by atoms with E-state index in [1.54, 1.807) is 6.20 Å². The summed E-state index contributed by atoms with van der Waals surface area (Å²) in [5, 5.41) is 3.33. The highest BCUT2D eigenvalue weighted by Gasteiger charge is 2.23. The van der Waals surface area contributed by atoms with Gasteiger partial charge in [-0.2, -0.15) is 0 Å². The number of hydrogen-bond donors (Lipinski definition) is 1. The Morgan fingerprint density at radius 1 is 1.43 bits per heavy atom. The van der Waals surface area contributed by atoms with E-state index in [4.69, 9.17) is 0 Å². The number of nitrogens with zero attached hydrogens (tertiary/aromatic N) is 1. The van der Waals surface area contributed by atoms with Crippen LogP contribution in [0.25, 0.3) is 0 Å². The van der Waals surface area contributed by atoms with Crippen LogP contribution in [0.2, 0.25) is 0 Å². The van der Waals surface area contributed by atoms with Crippen LogP contribution in [0.3, 0.4) is 0 Å². The van der Waals surface area contributed by atoms with Crippen LogP contribution in [0.15, 0.2) is 24.4 Å². The first kappa shape index (κ1) is 9.59. The summed E-state index contributed by atoms with van der Waals surface area (Å²) in [7, 11) is 0. The van der Waals surface area contributed by atoms with Crippen molar-refractivity contribution in [3.05, 3.63) is 30.1 Å². The minimum Gasteiger partial charge on any atom is -0.308 e. The molecule has 0 aromatic carbocycles. The minimum atomic E-state index is -0.601. The van der Waals surface area contributed by atoms with Crippen molar-refractivity contribution >= 4 is 0 Å². The van der Waals surface area contributed by atoms with Crippen molar-refractivity contribution in [1.29, 1.82) is 0 Å². The van der Waals surface area contributed by atoms with E-state index in [1.807, 2.05) is 18.2 Å². The third-order valence-corrected chi connectivity index (χ3v) is 2.67. The maximum atomic E-state index is 12.8. The molecule has 1 fully saturated rings. The van der Waals surface area contributed by atoms with Gasteiger partial charge in [-0.15, -0.1) is 0 Å². The molecule has 3 heteroatoms. The first-order chi connectivity index (χ1) is 6.84. The van der Waals surface area contributed by atoms with E-state index in [0.717, 1.165) is 18.7 Å². The molecule has 1 saturated carbocycles. The number of rotatable bonds is 3. The van der Waals surface area contributed by atoms with Gasteiger partial charge in [0.1, 0.15) is 6.17 Å². The van der Waals surface area contributed by atoms with Crippen LogP contribution in [0, 0.1) is 0 Å². The Hall–Kier alpha value is -0.960. The van der Waals surface area contributed by atoms with Gasteiger partial charge in [-0.25, -0.2) is 4.39 Å². The number of hydrogen-bond acceptors (Lipinski definition) is 2. The van der Waals surface area contributed by atoms with E-state index >= 15 is 0 Å². The van der Waals surface area contributed by atoms with Gasteiger partial charge in [0.05, 0.1) is 5.69 Å². The van der Waals surface area contributed by atoms with Crippen LogP contribution in [-0.4, -0.2) is 17.2 Å². The number of halogens is 1. The quantitative estimate of drug-likeness (QED) is 0.796. The SMILES string of the molecule is F[C@@H]1CC[C@@H](NCc2ccccn2)C1. The highest BCUT2D eigenvalue weighted by Crippen LogP contribution is 2.21. The van der Waals surface area contributed by atoms with Crippen molar-refractivity contribution in [2.24, 2.45) is 0 Å². The third-order valence-electron chi connectivity index (χ3n) is 2.67. The van der Waals surface area contributed by atoms with Crippen LogP contribution in [0.4, 0.5) is 4.39 Å². The van der Waals surface area contributed by atoms with E-state index in [2.05, 4.69) is 10.3 Å². The van der Waals surface area contributed by atoms with E-state index in [1.165, 1.54) is 0 Å². The normalized spacial score (nSPS) is 26.6. The van der Waals surface area contributed by atoms with Gasteiger partial charge in [-0.1, -0.05) is 6.07 Å². The maximum Gasteiger partial charge on any atom is 0.102 e. The molecule has 0 unspecified atom stereocenters. The van der Waals surface area contributed by atoms with Gasteiger partial charge in [0.25, 0.3) is 0 Å². The molecule has 1 heterocycles. The molecule has 1 N–H and O–H groups in total. The van der Waals surface area contributed by atoms with Crippen molar-refractivity contribution in [3.8, 4) is 0 Å². The number of alkyl halides is 1. The minimum absolute atomic E-state index is 0.340. The summed E-state index contributed by atoms with van der Waals surface area (Å²) >= 11 is 0. The summed E-state index contributed by atoms with van der Waals surface area (Å²) in [5.41, 5.74) is 1.02. The molecule has 2 nitrogen and oxygen atoms in total. The number of aromatic nitrogens is 1. The largest absolute Gasteiger partial charge is 0.308 e. The molecule has 14 heavy (non-hydrogen) atoms. The molecule has 0 bridgehead atoms. The van der Waals surface area contributed by atoms with Crippen LogP contribution in [0.1, 0.15) is 25.0 Å². The second kappa shape index (κ2) is 4.51. The lowest BCUT2D eigenvalue weighted by molar-refractivity contribution is 0.333. The van der Waals surface area contributed by atoms with Crippen LogP contribution in [0.5, 0.6) is 0 Å². The van der Waals surface area contributed by atoms with E-state index in [-0.39, 0.29) is 0 Å². The van der Waals surface area contributed by atoms with Crippen molar-refractivity contribution in [3.63, 3.8) is 0 Å². The lowest BCUT2D eigenvalue weighted by Crippen LogP contribution is -2.26. The monoisotopic (exact) mass is 194 g/mol. The Balaban J connectivity index is 1.78. The molecule has 1 aliphatic rings. The van der Waals surface area contributed by atoms with E-state index in [0.29, 0.717) is 18.9 Å². The lowest BCUT2D eigenvalue weighted by Gasteiger charge is -2.10. The zero-order valence-corrected chi connectivity index (χ0v) is 8.12. The molecule has 1 aromatic rings. The van der Waals surface area contributed by atoms with Crippen LogP contribution < -0.4 is 5.32 Å². The van der Waals surface area contributed by atoms with Gasteiger partial charge in [-0.3, -0.25) is 4.98 Å². The molecule has 1 aliphatic carbocycles. The molecular weight excluding hydrogens is 179 g/mol. The summed E-state index contributed by atoms with van der Waals surface area (Å²) < 4.78 is 12.8. The highest BCUT2D eigenvalue weighted by atomic mass is 19.1. The maximum absolute atomic E-state index is 12.8. The van der Waals surface area contributed by atoms with Gasteiger partial charge in [0.15, 0.2) is 0 Å². The fourth-order valence-corrected chi connectivity index (χ4v) is 1.86. The van der Waals surface area contributed by atoms with Gasteiger partial charge >= 0.3 is 0 Å². The predicted molar refractivity (Wildman–Crippen MR) is 53.6 cm³/mol. The van der Waals surface area contributed by atoms with Gasteiger partial charge < -0.3 is 5.32 Å². The molecular formula is C11H15FN2. The fraction of sp³-hybridized carbons (Fsp3) is 0.545. The molecule has 1 aromatic heterocycles. The molecule has 0 aliphatic heterocycles. The first-order valence-electron chi connectivity index (χ1n) is 5.12. The number of pyridine rings is 1. The Bertz CT molecular complexity index is 276. The predicted octanol–water partition coefficient (Wildman–Crippen LogP) is 2.06. The molecule has 2 rings (SSSR count). The van der Waals surface area contributed by atoms with E-state index in [9.17, 15) is 4.39 Å². The number of nitrogens with one attached hydrogen (secondary N) is 1. The van der Waals surface area contributed by atoms with Gasteiger partial charge in [0.2, 0.25) is 0 Å². The average molecular weight is 194 g/mol. The summed E-state index contributed by atoms with van der Waals surface area (Å²) in [6.07, 6.45) is 3.50.